The van der Waals surface area contributed by atoms with Crippen molar-refractivity contribution in [2.45, 2.75) is 13.0 Å². The van der Waals surface area contributed by atoms with Crippen LogP contribution in [0.4, 0.5) is 5.82 Å². The van der Waals surface area contributed by atoms with Crippen LogP contribution in [0.3, 0.4) is 0 Å². The predicted molar refractivity (Wildman–Crippen MR) is 113 cm³/mol. The number of pyridine rings is 1. The number of ether oxygens (including phenoxy) is 1. The molecule has 0 radical (unpaired) electrons. The second-order valence-electron chi connectivity index (χ2n) is 6.94. The molecule has 0 unspecified atom stereocenters. The molecule has 30 heavy (non-hydrogen) atoms. The van der Waals surface area contributed by atoms with Crippen LogP contribution in [0.25, 0.3) is 11.0 Å². The first-order chi connectivity index (χ1) is 14.7. The van der Waals surface area contributed by atoms with Gasteiger partial charge in [0.05, 0.1) is 23.6 Å². The summed E-state index contributed by atoms with van der Waals surface area (Å²) in [6, 6.07) is 19.0. The molecule has 1 aliphatic heterocycles. The van der Waals surface area contributed by atoms with Gasteiger partial charge in [-0.3, -0.25) is 14.5 Å². The average Bonchev–Trinajstić information content (AvgIpc) is 3.08. The molecule has 0 N–H and O–H groups in total. The number of carbonyl (C=O) groups excluding carboxylic acids is 1. The molecule has 0 spiro atoms. The number of fused-ring (bicyclic) bond motifs is 2. The second-order valence-corrected chi connectivity index (χ2v) is 6.94. The lowest BCUT2D eigenvalue weighted by Crippen LogP contribution is -2.30. The van der Waals surface area contributed by atoms with E-state index in [0.717, 1.165) is 11.3 Å². The van der Waals surface area contributed by atoms with E-state index in [1.165, 1.54) is 4.90 Å². The summed E-state index contributed by atoms with van der Waals surface area (Å²) < 4.78 is 11.5. The number of amides is 1. The Balaban J connectivity index is 1.76. The number of rotatable bonds is 4. The Morgan fingerprint density at radius 1 is 1.00 bits per heavy atom. The number of para-hydroxylation sites is 1. The van der Waals surface area contributed by atoms with Gasteiger partial charge >= 0.3 is 0 Å². The maximum absolute atomic E-state index is 13.4. The topological polar surface area (TPSA) is 72.6 Å². The van der Waals surface area contributed by atoms with Crippen molar-refractivity contribution in [3.05, 3.63) is 100 Å². The van der Waals surface area contributed by atoms with Crippen molar-refractivity contribution in [3.8, 4) is 5.75 Å². The highest BCUT2D eigenvalue weighted by molar-refractivity contribution is 6.10. The van der Waals surface area contributed by atoms with Gasteiger partial charge < -0.3 is 9.15 Å². The van der Waals surface area contributed by atoms with Gasteiger partial charge in [0.15, 0.2) is 5.43 Å². The van der Waals surface area contributed by atoms with E-state index in [1.807, 2.05) is 31.2 Å². The largest absolute Gasteiger partial charge is 0.494 e. The minimum absolute atomic E-state index is 0.0586. The molecule has 0 bridgehead atoms. The van der Waals surface area contributed by atoms with Crippen LogP contribution in [0.1, 0.15) is 34.6 Å². The first-order valence-corrected chi connectivity index (χ1v) is 9.72. The highest BCUT2D eigenvalue weighted by atomic mass is 16.5. The molecule has 6 heteroatoms. The molecule has 148 valence electrons. The van der Waals surface area contributed by atoms with Gasteiger partial charge in [0.1, 0.15) is 17.2 Å². The number of hydrogen-bond donors (Lipinski definition) is 0. The molecule has 3 heterocycles. The second kappa shape index (κ2) is 7.15. The van der Waals surface area contributed by atoms with E-state index in [2.05, 4.69) is 4.98 Å². The molecule has 0 fully saturated rings. The van der Waals surface area contributed by atoms with Crippen molar-refractivity contribution >= 4 is 22.7 Å². The molecule has 1 amide bonds. The number of benzene rings is 2. The van der Waals surface area contributed by atoms with Gasteiger partial charge in [-0.25, -0.2) is 4.98 Å². The van der Waals surface area contributed by atoms with Gasteiger partial charge in [0.25, 0.3) is 5.91 Å². The van der Waals surface area contributed by atoms with E-state index in [4.69, 9.17) is 9.15 Å². The van der Waals surface area contributed by atoms with Crippen LogP contribution >= 0.6 is 0 Å². The summed E-state index contributed by atoms with van der Waals surface area (Å²) in [4.78, 5) is 32.7. The summed E-state index contributed by atoms with van der Waals surface area (Å²) in [6.07, 6.45) is 1.62. The van der Waals surface area contributed by atoms with E-state index in [9.17, 15) is 9.59 Å². The Kier molecular flexibility index (Phi) is 4.32. The van der Waals surface area contributed by atoms with E-state index < -0.39 is 6.04 Å². The fourth-order valence-corrected chi connectivity index (χ4v) is 3.88. The normalized spacial score (nSPS) is 15.4. The first-order valence-electron chi connectivity index (χ1n) is 9.72. The third kappa shape index (κ3) is 2.76. The summed E-state index contributed by atoms with van der Waals surface area (Å²) >= 11 is 0. The molecule has 5 rings (SSSR count). The van der Waals surface area contributed by atoms with Crippen LogP contribution in [0.2, 0.25) is 0 Å². The van der Waals surface area contributed by atoms with Crippen molar-refractivity contribution in [2.75, 3.05) is 11.5 Å². The molecule has 6 nitrogen and oxygen atoms in total. The highest BCUT2D eigenvalue weighted by Crippen LogP contribution is 2.40. The first kappa shape index (κ1) is 18.1. The SMILES string of the molecule is CCOc1ccc([C@H]2c3c(oc4ccccc4c3=O)C(=O)N2c2ccccn2)cc1. The lowest BCUT2D eigenvalue weighted by Gasteiger charge is -2.24. The lowest BCUT2D eigenvalue weighted by molar-refractivity contribution is 0.0970. The Morgan fingerprint density at radius 2 is 1.77 bits per heavy atom. The fraction of sp³-hybridized carbons (Fsp3) is 0.125. The van der Waals surface area contributed by atoms with E-state index in [-0.39, 0.29) is 17.1 Å². The standard InChI is InChI=1S/C24H18N2O4/c1-2-29-16-12-10-15(11-13-16)21-20-22(27)17-7-3-4-8-18(17)30-23(20)24(28)26(21)19-9-5-6-14-25-19/h3-14,21H,2H2,1H3/t21-/m0/s1. The summed E-state index contributed by atoms with van der Waals surface area (Å²) in [5, 5.41) is 0.447. The third-order valence-electron chi connectivity index (χ3n) is 5.18. The molecular formula is C24H18N2O4. The van der Waals surface area contributed by atoms with Crippen LogP contribution in [-0.2, 0) is 0 Å². The summed E-state index contributed by atoms with van der Waals surface area (Å²) in [5.74, 6) is 0.852. The monoisotopic (exact) mass is 398 g/mol. The zero-order valence-electron chi connectivity index (χ0n) is 16.2. The molecule has 2 aromatic heterocycles. The number of anilines is 1. The van der Waals surface area contributed by atoms with Gasteiger partial charge in [0.2, 0.25) is 5.76 Å². The van der Waals surface area contributed by atoms with Gasteiger partial charge in [-0.2, -0.15) is 0 Å². The molecule has 0 saturated heterocycles. The van der Waals surface area contributed by atoms with Crippen LogP contribution in [0, 0.1) is 0 Å². The zero-order chi connectivity index (χ0) is 20.7. The molecule has 1 aliphatic rings. The molecule has 0 saturated carbocycles. The fourth-order valence-electron chi connectivity index (χ4n) is 3.88. The van der Waals surface area contributed by atoms with Crippen LogP contribution in [0.15, 0.2) is 82.1 Å². The van der Waals surface area contributed by atoms with Gasteiger partial charge in [-0.05, 0) is 48.9 Å². The molecule has 4 aromatic rings. The summed E-state index contributed by atoms with van der Waals surface area (Å²) in [5.41, 5.74) is 1.28. The third-order valence-corrected chi connectivity index (χ3v) is 5.18. The number of aromatic nitrogens is 1. The van der Waals surface area contributed by atoms with Crippen molar-refractivity contribution in [1.29, 1.82) is 0 Å². The van der Waals surface area contributed by atoms with E-state index >= 15 is 0 Å². The molecule has 0 aliphatic carbocycles. The maximum Gasteiger partial charge on any atom is 0.296 e. The Labute approximate surface area is 172 Å². The maximum atomic E-state index is 13.4. The van der Waals surface area contributed by atoms with Gasteiger partial charge in [0, 0.05) is 6.20 Å². The summed E-state index contributed by atoms with van der Waals surface area (Å²) in [7, 11) is 0. The van der Waals surface area contributed by atoms with Crippen molar-refractivity contribution in [2.24, 2.45) is 0 Å². The molecule has 1 atom stereocenters. The average molecular weight is 398 g/mol. The van der Waals surface area contributed by atoms with Crippen molar-refractivity contribution in [1.82, 2.24) is 4.98 Å². The molecular weight excluding hydrogens is 380 g/mol. The van der Waals surface area contributed by atoms with Crippen LogP contribution in [0.5, 0.6) is 5.75 Å². The number of hydrogen-bond acceptors (Lipinski definition) is 5. The van der Waals surface area contributed by atoms with Crippen LogP contribution < -0.4 is 15.1 Å². The van der Waals surface area contributed by atoms with Crippen molar-refractivity contribution < 1.29 is 13.9 Å². The van der Waals surface area contributed by atoms with Gasteiger partial charge in [-0.1, -0.05) is 30.3 Å². The Bertz CT molecular complexity index is 1300. The molecule has 2 aromatic carbocycles. The Morgan fingerprint density at radius 3 is 2.50 bits per heavy atom. The minimum Gasteiger partial charge on any atom is -0.494 e. The van der Waals surface area contributed by atoms with E-state index in [1.54, 1.807) is 48.7 Å². The number of nitrogens with zero attached hydrogens (tertiary/aromatic N) is 2. The smallest absolute Gasteiger partial charge is 0.296 e. The van der Waals surface area contributed by atoms with E-state index in [0.29, 0.717) is 29.0 Å². The quantitative estimate of drug-likeness (QED) is 0.511. The predicted octanol–water partition coefficient (Wildman–Crippen LogP) is 4.34. The zero-order valence-corrected chi connectivity index (χ0v) is 16.2. The lowest BCUT2D eigenvalue weighted by atomic mass is 9.98. The van der Waals surface area contributed by atoms with Gasteiger partial charge in [-0.15, -0.1) is 0 Å². The minimum atomic E-state index is -0.640. The van der Waals surface area contributed by atoms with Crippen LogP contribution in [-0.4, -0.2) is 17.5 Å². The highest BCUT2D eigenvalue weighted by Gasteiger charge is 2.44. The summed E-state index contributed by atoms with van der Waals surface area (Å²) in [6.45, 7) is 2.47. The number of carbonyl (C=O) groups is 1. The van der Waals surface area contributed by atoms with Crippen molar-refractivity contribution in [3.63, 3.8) is 0 Å². The Hall–Kier alpha value is -3.93.